The molecule has 0 unspecified atom stereocenters. The van der Waals surface area contributed by atoms with Crippen LogP contribution in [0.1, 0.15) is 16.7 Å². The van der Waals surface area contributed by atoms with Crippen LogP contribution in [0.25, 0.3) is 17.7 Å². The van der Waals surface area contributed by atoms with E-state index in [1.807, 2.05) is 24.3 Å². The van der Waals surface area contributed by atoms with Crippen LogP contribution in [0.15, 0.2) is 72.8 Å². The zero-order valence-corrected chi connectivity index (χ0v) is 18.6. The SMILES string of the molecule is COc1cccc(/C=C/C(=O)Oc2ccc(/C=C(/C#N)c3ccc(OC)c(OC)c3)cc2)c1. The molecule has 0 aromatic heterocycles. The lowest BCUT2D eigenvalue weighted by molar-refractivity contribution is -0.128. The van der Waals surface area contributed by atoms with Crippen molar-refractivity contribution in [2.45, 2.75) is 0 Å². The van der Waals surface area contributed by atoms with Crippen LogP contribution in [-0.2, 0) is 4.79 Å². The third-order valence-corrected chi connectivity index (χ3v) is 4.73. The molecule has 0 fully saturated rings. The summed E-state index contributed by atoms with van der Waals surface area (Å²) in [6.45, 7) is 0. The Morgan fingerprint density at radius 3 is 2.24 bits per heavy atom. The topological polar surface area (TPSA) is 77.8 Å². The normalized spacial score (nSPS) is 11.0. The van der Waals surface area contributed by atoms with Gasteiger partial charge in [-0.1, -0.05) is 24.3 Å². The van der Waals surface area contributed by atoms with Crippen molar-refractivity contribution >= 4 is 23.7 Å². The molecule has 0 heterocycles. The molecule has 6 nitrogen and oxygen atoms in total. The van der Waals surface area contributed by atoms with E-state index >= 15 is 0 Å². The Hall–Kier alpha value is -4.50. The standard InChI is InChI=1S/C27H23NO5/c1-30-24-6-4-5-19(16-24)9-14-27(29)33-23-11-7-20(8-12-23)15-22(18-28)21-10-13-25(31-2)26(17-21)32-3/h4-17H,1-3H3/b14-9+,22-15-. The van der Waals surface area contributed by atoms with Gasteiger partial charge in [-0.25, -0.2) is 4.79 Å². The van der Waals surface area contributed by atoms with E-state index in [9.17, 15) is 10.1 Å². The van der Waals surface area contributed by atoms with E-state index in [-0.39, 0.29) is 0 Å². The van der Waals surface area contributed by atoms with E-state index in [2.05, 4.69) is 6.07 Å². The van der Waals surface area contributed by atoms with Gasteiger partial charge in [0, 0.05) is 6.08 Å². The van der Waals surface area contributed by atoms with Crippen molar-refractivity contribution in [2.24, 2.45) is 0 Å². The molecule has 0 atom stereocenters. The maximum absolute atomic E-state index is 12.1. The minimum absolute atomic E-state index is 0.400. The van der Waals surface area contributed by atoms with Crippen LogP contribution in [0.2, 0.25) is 0 Å². The highest BCUT2D eigenvalue weighted by molar-refractivity contribution is 5.91. The van der Waals surface area contributed by atoms with Gasteiger partial charge >= 0.3 is 5.97 Å². The van der Waals surface area contributed by atoms with Crippen LogP contribution in [0.5, 0.6) is 23.0 Å². The first kappa shape index (κ1) is 23.2. The average Bonchev–Trinajstić information content (AvgIpc) is 2.86. The third-order valence-electron chi connectivity index (χ3n) is 4.73. The molecule has 0 saturated carbocycles. The van der Waals surface area contributed by atoms with E-state index in [1.165, 1.54) is 6.08 Å². The van der Waals surface area contributed by atoms with Gasteiger partial charge in [-0.2, -0.15) is 5.26 Å². The van der Waals surface area contributed by atoms with Gasteiger partial charge < -0.3 is 18.9 Å². The first-order valence-electron chi connectivity index (χ1n) is 10.0. The van der Waals surface area contributed by atoms with Gasteiger partial charge in [-0.3, -0.25) is 0 Å². The second kappa shape index (κ2) is 11.2. The molecule has 3 aromatic rings. The third kappa shape index (κ3) is 6.25. The Morgan fingerprint density at radius 2 is 1.58 bits per heavy atom. The number of methoxy groups -OCH3 is 3. The molecular formula is C27H23NO5. The van der Waals surface area contributed by atoms with Gasteiger partial charge in [0.15, 0.2) is 11.5 Å². The summed E-state index contributed by atoms with van der Waals surface area (Å²) in [7, 11) is 4.69. The maximum atomic E-state index is 12.1. The number of rotatable bonds is 8. The monoisotopic (exact) mass is 441 g/mol. The number of nitriles is 1. The van der Waals surface area contributed by atoms with Crippen molar-refractivity contribution in [1.29, 1.82) is 5.26 Å². The largest absolute Gasteiger partial charge is 0.497 e. The smallest absolute Gasteiger partial charge is 0.336 e. The van der Waals surface area contributed by atoms with Crippen molar-refractivity contribution in [3.8, 4) is 29.1 Å². The molecule has 6 heteroatoms. The lowest BCUT2D eigenvalue weighted by atomic mass is 10.0. The van der Waals surface area contributed by atoms with Crippen molar-refractivity contribution in [1.82, 2.24) is 0 Å². The molecule has 0 radical (unpaired) electrons. The summed E-state index contributed by atoms with van der Waals surface area (Å²) in [6, 6.07) is 21.7. The molecule has 0 aliphatic heterocycles. The second-order valence-electron chi connectivity index (χ2n) is 6.84. The fourth-order valence-corrected chi connectivity index (χ4v) is 3.04. The van der Waals surface area contributed by atoms with Gasteiger partial charge in [-0.05, 0) is 71.3 Å². The first-order chi connectivity index (χ1) is 16.1. The predicted molar refractivity (Wildman–Crippen MR) is 127 cm³/mol. The number of carbonyl (C=O) groups is 1. The zero-order valence-electron chi connectivity index (χ0n) is 18.6. The van der Waals surface area contributed by atoms with Crippen molar-refractivity contribution in [3.63, 3.8) is 0 Å². The summed E-state index contributed by atoms with van der Waals surface area (Å²) < 4.78 is 21.1. The minimum atomic E-state index is -0.496. The van der Waals surface area contributed by atoms with Crippen LogP contribution in [0.4, 0.5) is 0 Å². The summed E-state index contributed by atoms with van der Waals surface area (Å²) in [5, 5.41) is 9.62. The lowest BCUT2D eigenvalue weighted by Crippen LogP contribution is -2.03. The van der Waals surface area contributed by atoms with Crippen molar-refractivity contribution in [2.75, 3.05) is 21.3 Å². The fraction of sp³-hybridized carbons (Fsp3) is 0.111. The molecular weight excluding hydrogens is 418 g/mol. The number of esters is 1. The van der Waals surface area contributed by atoms with Gasteiger partial charge in [0.05, 0.1) is 33.0 Å². The molecule has 0 bridgehead atoms. The number of carbonyl (C=O) groups excluding carboxylic acids is 1. The van der Waals surface area contributed by atoms with Gasteiger partial charge in [0.1, 0.15) is 11.5 Å². The van der Waals surface area contributed by atoms with E-state index in [4.69, 9.17) is 18.9 Å². The molecule has 0 aliphatic rings. The Bertz CT molecular complexity index is 1220. The molecule has 0 spiro atoms. The average molecular weight is 441 g/mol. The van der Waals surface area contributed by atoms with Crippen LogP contribution in [-0.4, -0.2) is 27.3 Å². The Balaban J connectivity index is 1.70. The molecule has 0 aliphatic carbocycles. The Kier molecular flexibility index (Phi) is 7.87. The van der Waals surface area contributed by atoms with Crippen LogP contribution in [0, 0.1) is 11.3 Å². The Labute approximate surface area is 192 Å². The number of allylic oxidation sites excluding steroid dienone is 1. The summed E-state index contributed by atoms with van der Waals surface area (Å²) in [4.78, 5) is 12.1. The zero-order chi connectivity index (χ0) is 23.6. The van der Waals surface area contributed by atoms with E-state index in [1.54, 1.807) is 75.9 Å². The van der Waals surface area contributed by atoms with Crippen LogP contribution >= 0.6 is 0 Å². The second-order valence-corrected chi connectivity index (χ2v) is 6.84. The number of benzene rings is 3. The van der Waals surface area contributed by atoms with E-state index < -0.39 is 5.97 Å². The molecule has 0 N–H and O–H groups in total. The first-order valence-corrected chi connectivity index (χ1v) is 10.0. The highest BCUT2D eigenvalue weighted by atomic mass is 16.5. The molecule has 0 saturated heterocycles. The summed E-state index contributed by atoms with van der Waals surface area (Å²) in [5.74, 6) is 1.74. The predicted octanol–water partition coefficient (Wildman–Crippen LogP) is 5.40. The summed E-state index contributed by atoms with van der Waals surface area (Å²) in [5.41, 5.74) is 2.77. The highest BCUT2D eigenvalue weighted by Gasteiger charge is 2.08. The molecule has 3 aromatic carbocycles. The molecule has 166 valence electrons. The molecule has 3 rings (SSSR count). The van der Waals surface area contributed by atoms with Crippen molar-refractivity contribution < 1.29 is 23.7 Å². The summed E-state index contributed by atoms with van der Waals surface area (Å²) in [6.07, 6.45) is 4.76. The number of nitrogens with zero attached hydrogens (tertiary/aromatic N) is 1. The number of ether oxygens (including phenoxy) is 4. The minimum Gasteiger partial charge on any atom is -0.497 e. The fourth-order valence-electron chi connectivity index (χ4n) is 3.04. The van der Waals surface area contributed by atoms with E-state index in [0.717, 1.165) is 11.1 Å². The molecule has 33 heavy (non-hydrogen) atoms. The lowest BCUT2D eigenvalue weighted by Gasteiger charge is -2.09. The quantitative estimate of drug-likeness (QED) is 0.153. The number of hydrogen-bond acceptors (Lipinski definition) is 6. The van der Waals surface area contributed by atoms with Gasteiger partial charge in [0.2, 0.25) is 0 Å². The van der Waals surface area contributed by atoms with Crippen LogP contribution in [0.3, 0.4) is 0 Å². The summed E-state index contributed by atoms with van der Waals surface area (Å²) >= 11 is 0. The molecule has 0 amide bonds. The van der Waals surface area contributed by atoms with Gasteiger partial charge in [0.25, 0.3) is 0 Å². The van der Waals surface area contributed by atoms with Crippen LogP contribution < -0.4 is 18.9 Å². The number of hydrogen-bond donors (Lipinski definition) is 0. The highest BCUT2D eigenvalue weighted by Crippen LogP contribution is 2.31. The maximum Gasteiger partial charge on any atom is 0.336 e. The van der Waals surface area contributed by atoms with Gasteiger partial charge in [-0.15, -0.1) is 0 Å². The van der Waals surface area contributed by atoms with Crippen molar-refractivity contribution in [3.05, 3.63) is 89.5 Å². The Morgan fingerprint density at radius 1 is 0.818 bits per heavy atom. The van der Waals surface area contributed by atoms with E-state index in [0.29, 0.717) is 34.1 Å².